The zero-order valence-corrected chi connectivity index (χ0v) is 15.1. The van der Waals surface area contributed by atoms with Crippen molar-refractivity contribution in [1.82, 2.24) is 0 Å². The van der Waals surface area contributed by atoms with E-state index in [1.165, 1.54) is 31.4 Å². The molecule has 3 aromatic carbocycles. The average molecular weight is 380 g/mol. The summed E-state index contributed by atoms with van der Waals surface area (Å²) in [5.41, 5.74) is 0.367. The number of methoxy groups -OCH3 is 1. The molecule has 0 unspecified atom stereocenters. The first-order chi connectivity index (χ1) is 13.6. The number of rotatable bonds is 7. The van der Waals surface area contributed by atoms with Crippen molar-refractivity contribution in [3.05, 3.63) is 89.7 Å². The molecular weight excluding hydrogens is 363 g/mol. The molecule has 142 valence electrons. The van der Waals surface area contributed by atoms with Crippen LogP contribution in [0.15, 0.2) is 72.8 Å². The van der Waals surface area contributed by atoms with Gasteiger partial charge < -0.3 is 14.2 Å². The van der Waals surface area contributed by atoms with E-state index < -0.39 is 24.2 Å². The summed E-state index contributed by atoms with van der Waals surface area (Å²) in [5.74, 6) is -0.560. The van der Waals surface area contributed by atoms with Gasteiger partial charge in [-0.2, -0.15) is 0 Å². The van der Waals surface area contributed by atoms with Gasteiger partial charge in [0.15, 0.2) is 24.0 Å². The number of ether oxygens (including phenoxy) is 3. The van der Waals surface area contributed by atoms with Gasteiger partial charge in [-0.1, -0.05) is 18.2 Å². The van der Waals surface area contributed by atoms with Gasteiger partial charge in [-0.05, 0) is 54.6 Å². The monoisotopic (exact) mass is 380 g/mol. The van der Waals surface area contributed by atoms with Crippen LogP contribution in [0.5, 0.6) is 17.2 Å². The van der Waals surface area contributed by atoms with Crippen molar-refractivity contribution >= 4 is 11.8 Å². The lowest BCUT2D eigenvalue weighted by Gasteiger charge is -2.08. The van der Waals surface area contributed by atoms with Gasteiger partial charge in [0.1, 0.15) is 11.5 Å². The van der Waals surface area contributed by atoms with E-state index >= 15 is 0 Å². The molecule has 0 fully saturated rings. The molecule has 0 radical (unpaired) electrons. The van der Waals surface area contributed by atoms with Crippen molar-refractivity contribution < 1.29 is 28.2 Å². The summed E-state index contributed by atoms with van der Waals surface area (Å²) in [6.07, 6.45) is 0. The van der Waals surface area contributed by atoms with Crippen LogP contribution in [0.2, 0.25) is 0 Å². The lowest BCUT2D eigenvalue weighted by atomic mass is 10.1. The van der Waals surface area contributed by atoms with Gasteiger partial charge in [0.05, 0.1) is 12.7 Å². The highest BCUT2D eigenvalue weighted by Crippen LogP contribution is 2.21. The lowest BCUT2D eigenvalue weighted by Crippen LogP contribution is -2.14. The van der Waals surface area contributed by atoms with E-state index in [9.17, 15) is 14.0 Å². The Balaban J connectivity index is 1.57. The molecule has 0 aliphatic rings. The lowest BCUT2D eigenvalue weighted by molar-refractivity contribution is 0.0474. The average Bonchev–Trinajstić information content (AvgIpc) is 2.73. The Morgan fingerprint density at radius 3 is 2.14 bits per heavy atom. The standard InChI is InChI=1S/C22H17FO5/c1-26-21-12-9-16(13-19(21)23)20(24)14-27-22(25)15-7-10-18(11-8-15)28-17-5-3-2-4-6-17/h2-13H,14H2,1H3. The number of para-hydroxylation sites is 1. The summed E-state index contributed by atoms with van der Waals surface area (Å²) in [5, 5.41) is 0. The van der Waals surface area contributed by atoms with E-state index in [1.54, 1.807) is 12.1 Å². The molecule has 0 spiro atoms. The van der Waals surface area contributed by atoms with Crippen molar-refractivity contribution in [1.29, 1.82) is 0 Å². The third-order valence-electron chi connectivity index (χ3n) is 3.88. The number of Topliss-reactive ketones (excluding diaryl/α,β-unsaturated/α-hetero) is 1. The second-order valence-electron chi connectivity index (χ2n) is 5.79. The van der Waals surface area contributed by atoms with Crippen molar-refractivity contribution in [2.45, 2.75) is 0 Å². The minimum Gasteiger partial charge on any atom is -0.494 e. The van der Waals surface area contributed by atoms with E-state index in [1.807, 2.05) is 30.3 Å². The largest absolute Gasteiger partial charge is 0.494 e. The molecule has 28 heavy (non-hydrogen) atoms. The highest BCUT2D eigenvalue weighted by Gasteiger charge is 2.14. The molecule has 6 heteroatoms. The first-order valence-corrected chi connectivity index (χ1v) is 8.43. The second-order valence-corrected chi connectivity index (χ2v) is 5.79. The van der Waals surface area contributed by atoms with E-state index in [4.69, 9.17) is 14.2 Å². The summed E-state index contributed by atoms with van der Waals surface area (Å²) >= 11 is 0. The topological polar surface area (TPSA) is 61.8 Å². The number of hydrogen-bond donors (Lipinski definition) is 0. The maximum absolute atomic E-state index is 13.7. The van der Waals surface area contributed by atoms with Crippen LogP contribution in [0.4, 0.5) is 4.39 Å². The van der Waals surface area contributed by atoms with Gasteiger partial charge in [-0.25, -0.2) is 9.18 Å². The van der Waals surface area contributed by atoms with Crippen molar-refractivity contribution in [3.63, 3.8) is 0 Å². The summed E-state index contributed by atoms with van der Waals surface area (Å²) in [6.45, 7) is -0.493. The Labute approximate surface area is 161 Å². The fourth-order valence-electron chi connectivity index (χ4n) is 2.42. The summed E-state index contributed by atoms with van der Waals surface area (Å²) in [7, 11) is 1.33. The Bertz CT molecular complexity index is 968. The van der Waals surface area contributed by atoms with Crippen molar-refractivity contribution in [2.24, 2.45) is 0 Å². The van der Waals surface area contributed by atoms with E-state index in [-0.39, 0.29) is 16.9 Å². The molecular formula is C22H17FO5. The van der Waals surface area contributed by atoms with Crippen molar-refractivity contribution in [2.75, 3.05) is 13.7 Å². The maximum atomic E-state index is 13.7. The molecule has 3 aromatic rings. The maximum Gasteiger partial charge on any atom is 0.338 e. The highest BCUT2D eigenvalue weighted by atomic mass is 19.1. The summed E-state index contributed by atoms with van der Waals surface area (Å²) in [6, 6.07) is 19.4. The normalized spacial score (nSPS) is 10.2. The number of carbonyl (C=O) groups excluding carboxylic acids is 2. The summed E-state index contributed by atoms with van der Waals surface area (Å²) < 4.78 is 29.1. The number of carbonyl (C=O) groups is 2. The van der Waals surface area contributed by atoms with Crippen LogP contribution in [-0.4, -0.2) is 25.5 Å². The predicted octanol–water partition coefficient (Wildman–Crippen LogP) is 4.67. The Kier molecular flexibility index (Phi) is 6.01. The third-order valence-corrected chi connectivity index (χ3v) is 3.88. The fourth-order valence-corrected chi connectivity index (χ4v) is 2.42. The molecule has 5 nitrogen and oxygen atoms in total. The predicted molar refractivity (Wildman–Crippen MR) is 101 cm³/mol. The number of halogens is 1. The molecule has 0 atom stereocenters. The van der Waals surface area contributed by atoms with E-state index in [2.05, 4.69) is 0 Å². The van der Waals surface area contributed by atoms with Crippen LogP contribution < -0.4 is 9.47 Å². The quantitative estimate of drug-likeness (QED) is 0.440. The van der Waals surface area contributed by atoms with Gasteiger partial charge >= 0.3 is 5.97 Å². The molecule has 0 aliphatic carbocycles. The summed E-state index contributed by atoms with van der Waals surface area (Å²) in [4.78, 5) is 24.2. The molecule has 0 saturated heterocycles. The van der Waals surface area contributed by atoms with Gasteiger partial charge in [0.25, 0.3) is 0 Å². The number of ketones is 1. The number of hydrogen-bond acceptors (Lipinski definition) is 5. The van der Waals surface area contributed by atoms with Crippen LogP contribution in [0, 0.1) is 5.82 Å². The minimum atomic E-state index is -0.659. The van der Waals surface area contributed by atoms with Crippen LogP contribution in [0.3, 0.4) is 0 Å². The van der Waals surface area contributed by atoms with Gasteiger partial charge in [0.2, 0.25) is 0 Å². The van der Waals surface area contributed by atoms with Crippen LogP contribution in [0.25, 0.3) is 0 Å². The second kappa shape index (κ2) is 8.81. The van der Waals surface area contributed by atoms with E-state index in [0.29, 0.717) is 11.5 Å². The Morgan fingerprint density at radius 1 is 0.857 bits per heavy atom. The van der Waals surface area contributed by atoms with Gasteiger partial charge in [0, 0.05) is 5.56 Å². The van der Waals surface area contributed by atoms with Crippen LogP contribution in [-0.2, 0) is 4.74 Å². The molecule has 0 aliphatic heterocycles. The molecule has 0 aromatic heterocycles. The zero-order chi connectivity index (χ0) is 19.9. The van der Waals surface area contributed by atoms with Crippen LogP contribution in [0.1, 0.15) is 20.7 Å². The van der Waals surface area contributed by atoms with Gasteiger partial charge in [-0.15, -0.1) is 0 Å². The number of benzene rings is 3. The molecule has 3 rings (SSSR count). The van der Waals surface area contributed by atoms with E-state index in [0.717, 1.165) is 6.07 Å². The number of esters is 1. The minimum absolute atomic E-state index is 0.0337. The SMILES string of the molecule is COc1ccc(C(=O)COC(=O)c2ccc(Oc3ccccc3)cc2)cc1F. The van der Waals surface area contributed by atoms with Gasteiger partial charge in [-0.3, -0.25) is 4.79 Å². The first-order valence-electron chi connectivity index (χ1n) is 8.43. The van der Waals surface area contributed by atoms with Crippen molar-refractivity contribution in [3.8, 4) is 17.2 Å². The molecule has 0 N–H and O–H groups in total. The highest BCUT2D eigenvalue weighted by molar-refractivity contribution is 5.99. The zero-order valence-electron chi connectivity index (χ0n) is 15.1. The smallest absolute Gasteiger partial charge is 0.338 e. The third kappa shape index (κ3) is 4.73. The fraction of sp³-hybridized carbons (Fsp3) is 0.0909. The van der Waals surface area contributed by atoms with Crippen LogP contribution >= 0.6 is 0 Å². The molecule has 0 saturated carbocycles. The molecule has 0 heterocycles. The first kappa shape index (κ1) is 19.1. The Hall–Kier alpha value is -3.67. The molecule has 0 bridgehead atoms. The molecule has 0 amide bonds. The Morgan fingerprint density at radius 2 is 1.50 bits per heavy atom.